The maximum Gasteiger partial charge on any atom is 0.169 e. The molecule has 1 atom stereocenters. The molecule has 1 aromatic rings. The predicted octanol–water partition coefficient (Wildman–Crippen LogP) is 2.56. The molecule has 1 aromatic carbocycles. The highest BCUT2D eigenvalue weighted by atomic mass is 19.2. The molecule has 0 saturated carbocycles. The topological polar surface area (TPSA) is 23.6 Å². The Labute approximate surface area is 124 Å². The van der Waals surface area contributed by atoms with E-state index in [1.54, 1.807) is 0 Å². The van der Waals surface area contributed by atoms with Gasteiger partial charge in [0.05, 0.1) is 5.56 Å². The van der Waals surface area contributed by atoms with Crippen LogP contribution in [0.3, 0.4) is 0 Å². The van der Waals surface area contributed by atoms with E-state index >= 15 is 0 Å². The van der Waals surface area contributed by atoms with Crippen LogP contribution in [0.5, 0.6) is 0 Å². The van der Waals surface area contributed by atoms with Gasteiger partial charge in [-0.3, -0.25) is 4.79 Å². The number of carbonyl (C=O) groups excluding carboxylic acids is 1. The summed E-state index contributed by atoms with van der Waals surface area (Å²) in [6, 6.07) is 4.24. The van der Waals surface area contributed by atoms with E-state index in [1.165, 1.54) is 12.1 Å². The molecule has 3 nitrogen and oxygen atoms in total. The number of piperazine rings is 1. The molecule has 0 radical (unpaired) electrons. The molecule has 1 saturated heterocycles. The second-order valence-electron chi connectivity index (χ2n) is 5.62. The highest BCUT2D eigenvalue weighted by molar-refractivity contribution is 5.96. The normalized spacial score (nSPS) is 20.7. The SMILES string of the molecule is CCC1CN(CCC(=O)c2cccc(F)c2F)CCN1C. The Bertz CT molecular complexity index is 507. The zero-order chi connectivity index (χ0) is 15.4. The highest BCUT2D eigenvalue weighted by Gasteiger charge is 2.23. The number of nitrogens with zero attached hydrogens (tertiary/aromatic N) is 2. The van der Waals surface area contributed by atoms with Gasteiger partial charge < -0.3 is 9.80 Å². The summed E-state index contributed by atoms with van der Waals surface area (Å²) >= 11 is 0. The minimum Gasteiger partial charge on any atom is -0.301 e. The van der Waals surface area contributed by atoms with Crippen LogP contribution in [0.2, 0.25) is 0 Å². The molecule has 1 fully saturated rings. The summed E-state index contributed by atoms with van der Waals surface area (Å²) in [4.78, 5) is 16.6. The van der Waals surface area contributed by atoms with Gasteiger partial charge in [0.15, 0.2) is 17.4 Å². The average Bonchev–Trinajstić information content (AvgIpc) is 2.49. The lowest BCUT2D eigenvalue weighted by atomic mass is 10.1. The second kappa shape index (κ2) is 7.09. The molecule has 2 rings (SSSR count). The molecule has 116 valence electrons. The molecule has 1 aliphatic rings. The van der Waals surface area contributed by atoms with Crippen molar-refractivity contribution in [3.63, 3.8) is 0 Å². The number of hydrogen-bond acceptors (Lipinski definition) is 3. The van der Waals surface area contributed by atoms with E-state index in [0.717, 1.165) is 32.1 Å². The van der Waals surface area contributed by atoms with Crippen molar-refractivity contribution in [3.05, 3.63) is 35.4 Å². The molecule has 1 unspecified atom stereocenters. The fourth-order valence-corrected chi connectivity index (χ4v) is 2.77. The van der Waals surface area contributed by atoms with Crippen molar-refractivity contribution < 1.29 is 13.6 Å². The first-order chi connectivity index (χ1) is 10.0. The Morgan fingerprint density at radius 3 is 2.81 bits per heavy atom. The van der Waals surface area contributed by atoms with Crippen LogP contribution in [0.1, 0.15) is 30.1 Å². The summed E-state index contributed by atoms with van der Waals surface area (Å²) in [6.07, 6.45) is 1.29. The molecule has 0 amide bonds. The lowest BCUT2D eigenvalue weighted by molar-refractivity contribution is 0.0822. The van der Waals surface area contributed by atoms with Gasteiger partial charge in [-0.05, 0) is 25.6 Å². The molecular weight excluding hydrogens is 274 g/mol. The van der Waals surface area contributed by atoms with Crippen LogP contribution in [0.4, 0.5) is 8.78 Å². The van der Waals surface area contributed by atoms with Crippen molar-refractivity contribution in [1.82, 2.24) is 9.80 Å². The number of halogens is 2. The lowest BCUT2D eigenvalue weighted by Crippen LogP contribution is -2.51. The number of ketones is 1. The van der Waals surface area contributed by atoms with Crippen LogP contribution >= 0.6 is 0 Å². The molecule has 5 heteroatoms. The summed E-state index contributed by atoms with van der Waals surface area (Å²) in [5, 5.41) is 0. The maximum atomic E-state index is 13.6. The third-order valence-electron chi connectivity index (χ3n) is 4.24. The zero-order valence-corrected chi connectivity index (χ0v) is 12.6. The smallest absolute Gasteiger partial charge is 0.169 e. The molecule has 1 aliphatic heterocycles. The Kier molecular flexibility index (Phi) is 5.42. The highest BCUT2D eigenvalue weighted by Crippen LogP contribution is 2.15. The molecule has 0 spiro atoms. The van der Waals surface area contributed by atoms with Crippen molar-refractivity contribution in [2.45, 2.75) is 25.8 Å². The third kappa shape index (κ3) is 3.86. The van der Waals surface area contributed by atoms with Crippen molar-refractivity contribution >= 4 is 5.78 Å². The van der Waals surface area contributed by atoms with Crippen LogP contribution in [0.25, 0.3) is 0 Å². The molecule has 0 aromatic heterocycles. The van der Waals surface area contributed by atoms with E-state index in [-0.39, 0.29) is 17.8 Å². The van der Waals surface area contributed by atoms with Crippen LogP contribution in [0, 0.1) is 11.6 Å². The Morgan fingerprint density at radius 2 is 2.10 bits per heavy atom. The summed E-state index contributed by atoms with van der Waals surface area (Å²) in [5.41, 5.74) is -0.142. The van der Waals surface area contributed by atoms with Gasteiger partial charge in [0, 0.05) is 38.6 Å². The van der Waals surface area contributed by atoms with E-state index in [2.05, 4.69) is 23.8 Å². The zero-order valence-electron chi connectivity index (χ0n) is 12.6. The third-order valence-corrected chi connectivity index (χ3v) is 4.24. The van der Waals surface area contributed by atoms with Gasteiger partial charge in [-0.2, -0.15) is 0 Å². The molecule has 0 aliphatic carbocycles. The van der Waals surface area contributed by atoms with Gasteiger partial charge in [-0.1, -0.05) is 13.0 Å². The summed E-state index contributed by atoms with van der Waals surface area (Å²) in [6.45, 7) is 5.55. The fourth-order valence-electron chi connectivity index (χ4n) is 2.77. The largest absolute Gasteiger partial charge is 0.301 e. The summed E-state index contributed by atoms with van der Waals surface area (Å²) < 4.78 is 26.7. The molecular formula is C16H22F2N2O. The fraction of sp³-hybridized carbons (Fsp3) is 0.562. The van der Waals surface area contributed by atoms with Gasteiger partial charge in [0.1, 0.15) is 0 Å². The van der Waals surface area contributed by atoms with Crippen molar-refractivity contribution in [2.24, 2.45) is 0 Å². The van der Waals surface area contributed by atoms with E-state index in [4.69, 9.17) is 0 Å². The van der Waals surface area contributed by atoms with Crippen molar-refractivity contribution in [2.75, 3.05) is 33.2 Å². The number of Topliss-reactive ketones (excluding diaryl/α,β-unsaturated/α-hetero) is 1. The quantitative estimate of drug-likeness (QED) is 0.780. The maximum absolute atomic E-state index is 13.6. The standard InChI is InChI=1S/C16H22F2N2O/c1-3-12-11-20(10-9-19(12)2)8-7-15(21)13-5-4-6-14(17)16(13)18/h4-6,12H,3,7-11H2,1-2H3. The predicted molar refractivity (Wildman–Crippen MR) is 78.5 cm³/mol. The monoisotopic (exact) mass is 296 g/mol. The summed E-state index contributed by atoms with van der Waals surface area (Å²) in [5.74, 6) is -2.34. The first-order valence-electron chi connectivity index (χ1n) is 7.42. The first kappa shape index (κ1) is 16.0. The van der Waals surface area contributed by atoms with Crippen LogP contribution in [-0.2, 0) is 0 Å². The Balaban J connectivity index is 1.91. The number of benzene rings is 1. The number of likely N-dealkylation sites (N-methyl/N-ethyl adjacent to an activating group) is 1. The Hall–Kier alpha value is -1.33. The van der Waals surface area contributed by atoms with Crippen LogP contribution in [0.15, 0.2) is 18.2 Å². The second-order valence-corrected chi connectivity index (χ2v) is 5.62. The Morgan fingerprint density at radius 1 is 1.33 bits per heavy atom. The number of hydrogen-bond donors (Lipinski definition) is 0. The van der Waals surface area contributed by atoms with Crippen LogP contribution < -0.4 is 0 Å². The molecule has 1 heterocycles. The average molecular weight is 296 g/mol. The molecule has 0 N–H and O–H groups in total. The van der Waals surface area contributed by atoms with E-state index in [1.807, 2.05) is 0 Å². The van der Waals surface area contributed by atoms with Gasteiger partial charge in [0.2, 0.25) is 0 Å². The van der Waals surface area contributed by atoms with Crippen LogP contribution in [-0.4, -0.2) is 54.9 Å². The van der Waals surface area contributed by atoms with E-state index < -0.39 is 11.6 Å². The first-order valence-corrected chi connectivity index (χ1v) is 7.42. The van der Waals surface area contributed by atoms with Gasteiger partial charge in [-0.15, -0.1) is 0 Å². The molecule has 21 heavy (non-hydrogen) atoms. The number of carbonyl (C=O) groups is 1. The van der Waals surface area contributed by atoms with Gasteiger partial charge in [-0.25, -0.2) is 8.78 Å². The van der Waals surface area contributed by atoms with Gasteiger partial charge in [0.25, 0.3) is 0 Å². The van der Waals surface area contributed by atoms with E-state index in [9.17, 15) is 13.6 Å². The van der Waals surface area contributed by atoms with Crippen molar-refractivity contribution in [3.8, 4) is 0 Å². The van der Waals surface area contributed by atoms with Gasteiger partial charge >= 0.3 is 0 Å². The minimum atomic E-state index is -1.03. The van der Waals surface area contributed by atoms with Crippen molar-refractivity contribution in [1.29, 1.82) is 0 Å². The number of rotatable bonds is 5. The lowest BCUT2D eigenvalue weighted by Gasteiger charge is -2.39. The summed E-state index contributed by atoms with van der Waals surface area (Å²) in [7, 11) is 2.11. The molecule has 0 bridgehead atoms. The van der Waals surface area contributed by atoms with E-state index in [0.29, 0.717) is 12.6 Å². The minimum absolute atomic E-state index is 0.142.